The average molecular weight is 406 g/mol. The highest BCUT2D eigenvalue weighted by Gasteiger charge is 2.11. The number of fused-ring (bicyclic) bond motifs is 2. The van der Waals surface area contributed by atoms with Crippen LogP contribution in [0.15, 0.2) is 90.0 Å². The molecule has 0 bridgehead atoms. The minimum absolute atomic E-state index is 0.0943. The Balaban J connectivity index is 1.35. The van der Waals surface area contributed by atoms with Crippen LogP contribution in [0.5, 0.6) is 5.75 Å². The maximum atomic E-state index is 12.5. The Labute approximate surface area is 177 Å². The van der Waals surface area contributed by atoms with Crippen molar-refractivity contribution >= 4 is 33.7 Å². The van der Waals surface area contributed by atoms with E-state index in [2.05, 4.69) is 20.7 Å². The van der Waals surface area contributed by atoms with Crippen LogP contribution in [0.4, 0.5) is 0 Å². The van der Waals surface area contributed by atoms with Gasteiger partial charge in [-0.1, -0.05) is 66.7 Å². The monoisotopic (exact) mass is 406 g/mol. The average Bonchev–Trinajstić information content (AvgIpc) is 3.31. The molecule has 3 N–H and O–H groups in total. The summed E-state index contributed by atoms with van der Waals surface area (Å²) < 4.78 is 0. The molecule has 0 spiro atoms. The highest BCUT2D eigenvalue weighted by Crippen LogP contribution is 2.26. The Kier molecular flexibility index (Phi) is 4.65. The number of rotatable bonds is 4. The molecule has 0 saturated heterocycles. The van der Waals surface area contributed by atoms with Crippen LogP contribution in [0.25, 0.3) is 32.8 Å². The summed E-state index contributed by atoms with van der Waals surface area (Å²) in [6.07, 6.45) is 1.44. The third-order valence-corrected chi connectivity index (χ3v) is 5.18. The molecule has 0 fully saturated rings. The lowest BCUT2D eigenvalue weighted by Gasteiger charge is -2.04. The number of carbonyl (C=O) groups is 1. The molecule has 4 aromatic carbocycles. The third-order valence-electron chi connectivity index (χ3n) is 5.18. The Hall–Kier alpha value is -4.45. The van der Waals surface area contributed by atoms with Crippen molar-refractivity contribution in [3.63, 3.8) is 0 Å². The number of benzene rings is 4. The number of aromatic nitrogens is 2. The van der Waals surface area contributed by atoms with Crippen LogP contribution < -0.4 is 5.43 Å². The first-order chi connectivity index (χ1) is 15.2. The fraction of sp³-hybridized carbons (Fsp3) is 0. The lowest BCUT2D eigenvalue weighted by Crippen LogP contribution is -2.18. The van der Waals surface area contributed by atoms with E-state index in [0.717, 1.165) is 27.1 Å². The highest BCUT2D eigenvalue weighted by molar-refractivity contribution is 6.03. The minimum atomic E-state index is -0.421. The van der Waals surface area contributed by atoms with Crippen molar-refractivity contribution in [2.24, 2.45) is 5.10 Å². The van der Waals surface area contributed by atoms with E-state index in [9.17, 15) is 9.90 Å². The maximum Gasteiger partial charge on any atom is 0.289 e. The number of nitrogens with one attached hydrogen (secondary N) is 2. The molecule has 5 aromatic rings. The zero-order valence-corrected chi connectivity index (χ0v) is 16.4. The van der Waals surface area contributed by atoms with Gasteiger partial charge in [0.15, 0.2) is 0 Å². The largest absolute Gasteiger partial charge is 0.507 e. The molecule has 6 heteroatoms. The van der Waals surface area contributed by atoms with Crippen LogP contribution in [0, 0.1) is 0 Å². The van der Waals surface area contributed by atoms with E-state index in [1.165, 1.54) is 6.21 Å². The fourth-order valence-electron chi connectivity index (χ4n) is 3.57. The molecule has 1 aromatic heterocycles. The normalized spacial score (nSPS) is 11.4. The van der Waals surface area contributed by atoms with Crippen molar-refractivity contribution in [2.45, 2.75) is 0 Å². The summed E-state index contributed by atoms with van der Waals surface area (Å²) in [6.45, 7) is 0. The summed E-state index contributed by atoms with van der Waals surface area (Å²) in [5.74, 6) is -0.327. The lowest BCUT2D eigenvalue weighted by atomic mass is 10.0. The van der Waals surface area contributed by atoms with Crippen molar-refractivity contribution < 1.29 is 9.90 Å². The lowest BCUT2D eigenvalue weighted by molar-refractivity contribution is 0.0950. The van der Waals surface area contributed by atoms with Gasteiger partial charge in [-0.05, 0) is 39.7 Å². The van der Waals surface area contributed by atoms with Crippen molar-refractivity contribution in [2.75, 3.05) is 0 Å². The van der Waals surface area contributed by atoms with E-state index in [-0.39, 0.29) is 5.75 Å². The number of hydrogen-bond acceptors (Lipinski definition) is 4. The van der Waals surface area contributed by atoms with E-state index in [4.69, 9.17) is 0 Å². The first-order valence-corrected chi connectivity index (χ1v) is 9.78. The molecule has 6 nitrogen and oxygen atoms in total. The van der Waals surface area contributed by atoms with Crippen LogP contribution >= 0.6 is 0 Å². The predicted octanol–water partition coefficient (Wildman–Crippen LogP) is 4.85. The van der Waals surface area contributed by atoms with E-state index < -0.39 is 5.91 Å². The van der Waals surface area contributed by atoms with E-state index in [1.807, 2.05) is 72.8 Å². The second-order valence-corrected chi connectivity index (χ2v) is 7.15. The van der Waals surface area contributed by atoms with Crippen LogP contribution in [0.2, 0.25) is 0 Å². The Morgan fingerprint density at radius 2 is 1.65 bits per heavy atom. The molecule has 0 saturated carbocycles. The second kappa shape index (κ2) is 7.76. The minimum Gasteiger partial charge on any atom is -0.507 e. The molecule has 1 amide bonds. The topological polar surface area (TPSA) is 90.4 Å². The van der Waals surface area contributed by atoms with Gasteiger partial charge >= 0.3 is 0 Å². The predicted molar refractivity (Wildman–Crippen MR) is 122 cm³/mol. The number of nitrogens with zero attached hydrogens (tertiary/aromatic N) is 2. The number of hydrogen-bond donors (Lipinski definition) is 3. The number of aromatic amines is 1. The molecule has 0 aliphatic rings. The molecular formula is C25H18N4O2. The maximum absolute atomic E-state index is 12.5. The van der Waals surface area contributed by atoms with Gasteiger partial charge in [-0.15, -0.1) is 0 Å². The van der Waals surface area contributed by atoms with Gasteiger partial charge in [-0.25, -0.2) is 5.43 Å². The van der Waals surface area contributed by atoms with Gasteiger partial charge < -0.3 is 5.11 Å². The first kappa shape index (κ1) is 18.6. The van der Waals surface area contributed by atoms with E-state index >= 15 is 0 Å². The summed E-state index contributed by atoms with van der Waals surface area (Å²) in [5, 5.41) is 25.3. The van der Waals surface area contributed by atoms with Crippen molar-refractivity contribution in [3.05, 3.63) is 96.2 Å². The molecular weight excluding hydrogens is 388 g/mol. The number of H-pyrrole nitrogens is 1. The number of phenols is 1. The Bertz CT molecular complexity index is 1450. The summed E-state index contributed by atoms with van der Waals surface area (Å²) in [7, 11) is 0. The highest BCUT2D eigenvalue weighted by atomic mass is 16.3. The van der Waals surface area contributed by atoms with E-state index in [1.54, 1.807) is 12.1 Å². The van der Waals surface area contributed by atoms with Gasteiger partial charge in [0, 0.05) is 11.1 Å². The van der Waals surface area contributed by atoms with Crippen LogP contribution in [0.1, 0.15) is 16.1 Å². The number of aromatic hydroxyl groups is 1. The summed E-state index contributed by atoms with van der Waals surface area (Å²) in [6, 6.07) is 26.9. The zero-order valence-electron chi connectivity index (χ0n) is 16.4. The van der Waals surface area contributed by atoms with Gasteiger partial charge in [-0.2, -0.15) is 10.2 Å². The molecule has 0 aliphatic carbocycles. The van der Waals surface area contributed by atoms with E-state index in [0.29, 0.717) is 17.0 Å². The SMILES string of the molecule is O=C(N/N=C/c1c(O)ccc2ccccc12)c1cc(-c2ccc3ccccc3c2)n[nH]1. The molecule has 5 rings (SSSR count). The fourth-order valence-corrected chi connectivity index (χ4v) is 3.57. The van der Waals surface area contributed by atoms with Gasteiger partial charge in [0.1, 0.15) is 11.4 Å². The van der Waals surface area contributed by atoms with Gasteiger partial charge in [0.2, 0.25) is 0 Å². The number of hydrazone groups is 1. The van der Waals surface area contributed by atoms with Crippen molar-refractivity contribution in [3.8, 4) is 17.0 Å². The Morgan fingerprint density at radius 3 is 2.52 bits per heavy atom. The summed E-state index contributed by atoms with van der Waals surface area (Å²) in [5.41, 5.74) is 4.91. The van der Waals surface area contributed by atoms with Crippen molar-refractivity contribution in [1.82, 2.24) is 15.6 Å². The first-order valence-electron chi connectivity index (χ1n) is 9.78. The number of amides is 1. The number of carbonyl (C=O) groups excluding carboxylic acids is 1. The summed E-state index contributed by atoms with van der Waals surface area (Å²) >= 11 is 0. The molecule has 1 heterocycles. The van der Waals surface area contributed by atoms with Crippen LogP contribution in [-0.2, 0) is 0 Å². The van der Waals surface area contributed by atoms with Gasteiger partial charge in [0.05, 0.1) is 11.9 Å². The molecule has 0 aliphatic heterocycles. The second-order valence-electron chi connectivity index (χ2n) is 7.15. The molecule has 31 heavy (non-hydrogen) atoms. The molecule has 0 radical (unpaired) electrons. The van der Waals surface area contributed by atoms with Gasteiger partial charge in [-0.3, -0.25) is 9.89 Å². The molecule has 0 unspecified atom stereocenters. The van der Waals surface area contributed by atoms with Crippen LogP contribution in [-0.4, -0.2) is 27.4 Å². The third kappa shape index (κ3) is 3.62. The number of phenolic OH excluding ortho intramolecular Hbond substituents is 1. The molecule has 150 valence electrons. The standard InChI is InChI=1S/C25H18N4O2/c30-24-12-11-17-6-3-4-8-20(17)21(24)15-26-29-25(31)23-14-22(27-28-23)19-10-9-16-5-1-2-7-18(16)13-19/h1-15,30H,(H,27,28)(H,29,31)/b26-15+. The summed E-state index contributed by atoms with van der Waals surface area (Å²) in [4.78, 5) is 12.5. The van der Waals surface area contributed by atoms with Crippen LogP contribution in [0.3, 0.4) is 0 Å². The molecule has 0 atom stereocenters. The Morgan fingerprint density at radius 1 is 0.903 bits per heavy atom. The van der Waals surface area contributed by atoms with Gasteiger partial charge in [0.25, 0.3) is 5.91 Å². The van der Waals surface area contributed by atoms with Crippen molar-refractivity contribution in [1.29, 1.82) is 0 Å². The smallest absolute Gasteiger partial charge is 0.289 e. The zero-order chi connectivity index (χ0) is 21.2. The quantitative estimate of drug-likeness (QED) is 0.294.